The molecule has 11 aromatic rings. The smallest absolute Gasteiger partial charge is 0.406 e. The average Bonchev–Trinajstić information content (AvgIpc) is 1.65. The van der Waals surface area contributed by atoms with Gasteiger partial charge in [-0.25, -0.2) is 0 Å². The van der Waals surface area contributed by atoms with Crippen LogP contribution in [0, 0.1) is 31.6 Å². The van der Waals surface area contributed by atoms with Crippen molar-refractivity contribution in [3.8, 4) is 50.6 Å². The lowest BCUT2D eigenvalue weighted by atomic mass is 9.77. The van der Waals surface area contributed by atoms with Crippen LogP contribution in [0.15, 0.2) is 188 Å². The van der Waals surface area contributed by atoms with Gasteiger partial charge >= 0.3 is 19.1 Å². The molecule has 5 saturated heterocycles. The predicted molar refractivity (Wildman–Crippen MR) is 458 cm³/mol. The summed E-state index contributed by atoms with van der Waals surface area (Å²) in [6.45, 7) is 31.5. The molecular formula is C98H115F9N8O4. The summed E-state index contributed by atoms with van der Waals surface area (Å²) in [6.07, 6.45) is 7.73. The molecule has 12 nitrogen and oxygen atoms in total. The lowest BCUT2D eigenvalue weighted by Crippen LogP contribution is -2.41. The zero-order valence-corrected chi connectivity index (χ0v) is 69.8. The number of piperidine rings is 3. The molecule has 0 atom stereocenters. The molecule has 0 bridgehead atoms. The van der Waals surface area contributed by atoms with Crippen LogP contribution in [0.1, 0.15) is 155 Å². The van der Waals surface area contributed by atoms with Crippen LogP contribution >= 0.6 is 0 Å². The standard InChI is InChI=1S/C37H44F3N3O.C36H42F3N3O.C25H29F3N2O2/c1-4-5-15-43-25-34(31-7-9-32(10-8-31)44-37(38,39)40)33-22-29(6-11-35(33)43)23-42-18-14-36(26-42)12-16-41(17-13-36)24-30-20-27(2)19-28(3)21-30;1-3-4-17-42-25-33(30-9-11-31(12-10-30)43-36(37,38)39)32-22-29(8-13-34(32)42)24-41-20-16-35(26-41)14-18-40(19-15-35)23-28-7-5-6-27(2)21-28;1-2-3-12-30-17-23(19-5-7-21(8-6-19)32-25(26,27)28)22-15-18(4-9-24(22)30)16-29-13-10-20(31)11-14-29/h6-11,19-22,25H,4-5,12-18,23-24,26H2,1-3H3;5-13,21-22,25H,3-4,14-20,23-24,26H2,1-2H3;4-9,15,17,20,31H,2-3,10-14,16H2,1H3. The normalized spacial score (nSPS) is 17.2. The van der Waals surface area contributed by atoms with Crippen molar-refractivity contribution in [3.05, 3.63) is 233 Å². The molecule has 119 heavy (non-hydrogen) atoms. The first-order chi connectivity index (χ1) is 57.1. The fourth-order valence-corrected chi connectivity index (χ4v) is 18.9. The van der Waals surface area contributed by atoms with Gasteiger partial charge in [0, 0.05) is 147 Å². The largest absolute Gasteiger partial charge is 0.573 e. The minimum absolute atomic E-state index is 0.197. The highest BCUT2D eigenvalue weighted by Gasteiger charge is 2.43. The molecule has 0 aliphatic carbocycles. The number of aliphatic hydroxyl groups is 1. The van der Waals surface area contributed by atoms with E-state index in [0.29, 0.717) is 10.8 Å². The first-order valence-electron chi connectivity index (χ1n) is 43.0. The minimum atomic E-state index is -4.70. The number of benzene rings is 8. The van der Waals surface area contributed by atoms with Crippen LogP contribution in [-0.2, 0) is 52.4 Å². The van der Waals surface area contributed by atoms with Gasteiger partial charge in [-0.15, -0.1) is 39.5 Å². The van der Waals surface area contributed by atoms with E-state index in [1.165, 1.54) is 130 Å². The summed E-state index contributed by atoms with van der Waals surface area (Å²) in [4.78, 5) is 12.8. The van der Waals surface area contributed by atoms with Gasteiger partial charge in [0.25, 0.3) is 0 Å². The summed E-state index contributed by atoms with van der Waals surface area (Å²) in [5.41, 5.74) is 20.7. The van der Waals surface area contributed by atoms with E-state index < -0.39 is 19.1 Å². The first-order valence-corrected chi connectivity index (χ1v) is 43.0. The SMILES string of the molecule is CCCCn1cc(-c2ccc(OC(F)(F)F)cc2)c2cc(CN3CCC(O)CC3)ccc21.CCCCn1cc(-c2ccc(OC(F)(F)F)cc2)c2cc(CN3CCC4(CCN(Cc5cc(C)cc(C)c5)CC4)C3)ccc21.CCCCn1cc(-c2ccc(OC(F)(F)F)cc2)c2cc(CN3CCC4(CCN(Cc5cccc(C)c5)CC4)C3)ccc21. The Kier molecular flexibility index (Phi) is 27.5. The number of alkyl halides is 9. The summed E-state index contributed by atoms with van der Waals surface area (Å²) in [7, 11) is 0. The van der Waals surface area contributed by atoms with Crippen LogP contribution in [-0.4, -0.2) is 134 Å². The lowest BCUT2D eigenvalue weighted by molar-refractivity contribution is -0.275. The molecule has 634 valence electrons. The maximum Gasteiger partial charge on any atom is 0.573 e. The van der Waals surface area contributed by atoms with Crippen LogP contribution < -0.4 is 14.2 Å². The van der Waals surface area contributed by atoms with Crippen molar-refractivity contribution in [2.75, 3.05) is 65.4 Å². The number of hydrogen-bond acceptors (Lipinski definition) is 9. The molecule has 21 heteroatoms. The van der Waals surface area contributed by atoms with Gasteiger partial charge < -0.3 is 33.0 Å². The number of likely N-dealkylation sites (tertiary alicyclic amines) is 5. The molecule has 3 aromatic heterocycles. The van der Waals surface area contributed by atoms with Crippen molar-refractivity contribution in [1.29, 1.82) is 0 Å². The van der Waals surface area contributed by atoms with Gasteiger partial charge in [-0.05, 0) is 259 Å². The molecule has 0 unspecified atom stereocenters. The molecule has 0 radical (unpaired) electrons. The van der Waals surface area contributed by atoms with Crippen molar-refractivity contribution in [1.82, 2.24) is 38.2 Å². The Bertz CT molecular complexity index is 5140. The second-order valence-electron chi connectivity index (χ2n) is 34.5. The van der Waals surface area contributed by atoms with Crippen molar-refractivity contribution in [2.45, 2.75) is 209 Å². The summed E-state index contributed by atoms with van der Waals surface area (Å²) in [6, 6.07) is 54.4. The molecule has 5 fully saturated rings. The Morgan fingerprint density at radius 1 is 0.345 bits per heavy atom. The third-order valence-electron chi connectivity index (χ3n) is 25.1. The molecule has 2 spiro atoms. The van der Waals surface area contributed by atoms with Gasteiger partial charge in [0.2, 0.25) is 0 Å². The van der Waals surface area contributed by atoms with E-state index in [1.54, 1.807) is 36.4 Å². The summed E-state index contributed by atoms with van der Waals surface area (Å²) < 4.78 is 133. The van der Waals surface area contributed by atoms with E-state index in [-0.39, 0.29) is 23.4 Å². The van der Waals surface area contributed by atoms with Crippen molar-refractivity contribution >= 4 is 32.7 Å². The third kappa shape index (κ3) is 22.9. The molecule has 0 saturated carbocycles. The van der Waals surface area contributed by atoms with Crippen molar-refractivity contribution < 1.29 is 58.8 Å². The number of nitrogens with zero attached hydrogens (tertiary/aromatic N) is 8. The molecule has 8 aromatic carbocycles. The molecule has 0 amide bonds. The number of halogens is 9. The van der Waals surface area contributed by atoms with Crippen molar-refractivity contribution in [2.24, 2.45) is 10.8 Å². The molecule has 5 aliphatic heterocycles. The van der Waals surface area contributed by atoms with Gasteiger partial charge in [0.05, 0.1) is 6.10 Å². The quantitative estimate of drug-likeness (QED) is 0.0563. The Labute approximate surface area is 695 Å². The highest BCUT2D eigenvalue weighted by Crippen LogP contribution is 2.45. The zero-order valence-electron chi connectivity index (χ0n) is 69.8. The van der Waals surface area contributed by atoms with E-state index >= 15 is 0 Å². The average molecular weight is 1640 g/mol. The number of aliphatic hydroxyl groups excluding tert-OH is 1. The second kappa shape index (κ2) is 37.9. The van der Waals surface area contributed by atoms with Crippen LogP contribution in [0.4, 0.5) is 39.5 Å². The number of rotatable bonds is 25. The Hall–Kier alpha value is -9.09. The van der Waals surface area contributed by atoms with Crippen LogP contribution in [0.3, 0.4) is 0 Å². The predicted octanol–water partition coefficient (Wildman–Crippen LogP) is 23.9. The van der Waals surface area contributed by atoms with E-state index in [1.807, 2.05) is 0 Å². The van der Waals surface area contributed by atoms with Crippen LogP contribution in [0.25, 0.3) is 66.1 Å². The highest BCUT2D eigenvalue weighted by molar-refractivity contribution is 5.98. The summed E-state index contributed by atoms with van der Waals surface area (Å²) in [5, 5.41) is 13.1. The summed E-state index contributed by atoms with van der Waals surface area (Å²) in [5.74, 6) is -0.615. The fraction of sp³-hybridized carbons (Fsp3) is 0.449. The number of unbranched alkanes of at least 4 members (excludes halogenated alkanes) is 3. The number of aromatic nitrogens is 3. The van der Waals surface area contributed by atoms with Gasteiger partial charge in [0.1, 0.15) is 17.2 Å². The van der Waals surface area contributed by atoms with Crippen LogP contribution in [0.5, 0.6) is 17.2 Å². The second-order valence-corrected chi connectivity index (χ2v) is 34.5. The third-order valence-corrected chi connectivity index (χ3v) is 25.1. The topological polar surface area (TPSA) is 78.9 Å². The van der Waals surface area contributed by atoms with Gasteiger partial charge in [-0.2, -0.15) is 0 Å². The number of fused-ring (bicyclic) bond motifs is 3. The minimum Gasteiger partial charge on any atom is -0.406 e. The summed E-state index contributed by atoms with van der Waals surface area (Å²) >= 11 is 0. The van der Waals surface area contributed by atoms with Gasteiger partial charge in [0.15, 0.2) is 0 Å². The molecule has 8 heterocycles. The van der Waals surface area contributed by atoms with Crippen LogP contribution in [0.2, 0.25) is 0 Å². The number of ether oxygens (including phenoxy) is 3. The van der Waals surface area contributed by atoms with Crippen molar-refractivity contribution in [3.63, 3.8) is 0 Å². The Morgan fingerprint density at radius 2 is 0.647 bits per heavy atom. The van der Waals surface area contributed by atoms with E-state index in [0.717, 1.165) is 224 Å². The molecule has 1 N–H and O–H groups in total. The highest BCUT2D eigenvalue weighted by atomic mass is 19.4. The molecular weight excluding hydrogens is 1520 g/mol. The monoisotopic (exact) mass is 1640 g/mol. The van der Waals surface area contributed by atoms with E-state index in [9.17, 15) is 44.6 Å². The first kappa shape index (κ1) is 86.3. The Balaban J connectivity index is 0.000000148. The Morgan fingerprint density at radius 3 is 0.975 bits per heavy atom. The van der Waals surface area contributed by atoms with Gasteiger partial charge in [-0.3, -0.25) is 24.5 Å². The van der Waals surface area contributed by atoms with Gasteiger partial charge in [-0.1, -0.05) is 154 Å². The van der Waals surface area contributed by atoms with E-state index in [4.69, 9.17) is 0 Å². The number of aryl methyl sites for hydroxylation is 6. The maximum absolute atomic E-state index is 12.7. The number of hydrogen-bond donors (Lipinski definition) is 1. The lowest BCUT2D eigenvalue weighted by Gasteiger charge is -2.39. The fourth-order valence-electron chi connectivity index (χ4n) is 18.9. The molecule has 5 aliphatic rings. The van der Waals surface area contributed by atoms with E-state index in [2.05, 4.69) is 210 Å². The maximum atomic E-state index is 12.7. The molecule has 16 rings (SSSR count). The zero-order chi connectivity index (χ0) is 83.6.